The van der Waals surface area contributed by atoms with Crippen molar-refractivity contribution in [3.63, 3.8) is 0 Å². The fraction of sp³-hybridized carbons (Fsp3) is 0.500. The molecule has 1 heterocycles. The lowest BCUT2D eigenvalue weighted by atomic mass is 9.99. The summed E-state index contributed by atoms with van der Waals surface area (Å²) < 4.78 is 5.05. The number of aliphatic hydroxyl groups excluding tert-OH is 2. The Labute approximate surface area is 129 Å². The van der Waals surface area contributed by atoms with Crippen LogP contribution in [0.3, 0.4) is 0 Å². The van der Waals surface area contributed by atoms with Gasteiger partial charge in [0.1, 0.15) is 6.04 Å². The van der Waals surface area contributed by atoms with Gasteiger partial charge < -0.3 is 19.8 Å². The van der Waals surface area contributed by atoms with Crippen molar-refractivity contribution < 1.29 is 24.5 Å². The molecule has 0 spiro atoms. The Bertz CT molecular complexity index is 533. The quantitative estimate of drug-likeness (QED) is 0.779. The van der Waals surface area contributed by atoms with Crippen LogP contribution in [0.1, 0.15) is 31.9 Å². The molecule has 1 fully saturated rings. The van der Waals surface area contributed by atoms with Crippen LogP contribution in [0.25, 0.3) is 0 Å². The van der Waals surface area contributed by atoms with Gasteiger partial charge in [-0.2, -0.15) is 0 Å². The number of cyclic esters (lactones) is 1. The molecule has 0 unspecified atom stereocenters. The molecule has 0 aromatic heterocycles. The number of carbonyl (C=O) groups is 2. The maximum atomic E-state index is 12.5. The summed E-state index contributed by atoms with van der Waals surface area (Å²) in [6, 6.07) is 8.11. The van der Waals surface area contributed by atoms with Crippen LogP contribution >= 0.6 is 0 Å². The van der Waals surface area contributed by atoms with E-state index in [1.807, 2.05) is 37.3 Å². The third kappa shape index (κ3) is 3.28. The fourth-order valence-corrected chi connectivity index (χ4v) is 2.68. The Balaban J connectivity index is 2.32. The molecule has 0 bridgehead atoms. The number of nitrogens with zero attached hydrogens (tertiary/aromatic N) is 1. The largest absolute Gasteiger partial charge is 0.451 e. The van der Waals surface area contributed by atoms with Crippen molar-refractivity contribution >= 4 is 11.9 Å². The highest BCUT2D eigenvalue weighted by Gasteiger charge is 2.43. The van der Waals surface area contributed by atoms with Gasteiger partial charge in [0.15, 0.2) is 6.10 Å². The van der Waals surface area contributed by atoms with Gasteiger partial charge in [0.05, 0.1) is 18.8 Å². The lowest BCUT2D eigenvalue weighted by Gasteiger charge is -2.41. The Kier molecular flexibility index (Phi) is 5.15. The molecule has 2 N–H and O–H groups in total. The third-order valence-electron chi connectivity index (χ3n) is 3.91. The predicted octanol–water partition coefficient (Wildman–Crippen LogP) is 0.633. The zero-order chi connectivity index (χ0) is 16.3. The fourth-order valence-electron chi connectivity index (χ4n) is 2.68. The van der Waals surface area contributed by atoms with E-state index in [2.05, 4.69) is 0 Å². The lowest BCUT2D eigenvalue weighted by Crippen LogP contribution is -2.57. The topological polar surface area (TPSA) is 87.1 Å². The number of esters is 1. The van der Waals surface area contributed by atoms with Crippen molar-refractivity contribution in [2.24, 2.45) is 0 Å². The number of benzene rings is 1. The van der Waals surface area contributed by atoms with Crippen molar-refractivity contribution in [1.82, 2.24) is 4.90 Å². The van der Waals surface area contributed by atoms with Gasteiger partial charge in [-0.25, -0.2) is 4.79 Å². The van der Waals surface area contributed by atoms with Gasteiger partial charge >= 0.3 is 5.97 Å². The number of hydrogen-bond acceptors (Lipinski definition) is 5. The van der Waals surface area contributed by atoms with Crippen molar-refractivity contribution in [2.75, 3.05) is 6.61 Å². The minimum Gasteiger partial charge on any atom is -0.451 e. The van der Waals surface area contributed by atoms with Gasteiger partial charge in [-0.3, -0.25) is 4.79 Å². The van der Waals surface area contributed by atoms with E-state index in [1.165, 1.54) is 11.8 Å². The summed E-state index contributed by atoms with van der Waals surface area (Å²) in [5, 5.41) is 18.7. The normalized spacial score (nSPS) is 24.8. The first-order valence-corrected chi connectivity index (χ1v) is 7.32. The second-order valence-electron chi connectivity index (χ2n) is 5.50. The Hall–Kier alpha value is -1.92. The van der Waals surface area contributed by atoms with Crippen LogP contribution in [0, 0.1) is 0 Å². The number of ether oxygens (including phenoxy) is 1. The molecule has 4 atom stereocenters. The van der Waals surface area contributed by atoms with Crippen molar-refractivity contribution in [2.45, 2.75) is 44.6 Å². The maximum absolute atomic E-state index is 12.5. The molecule has 1 amide bonds. The highest BCUT2D eigenvalue weighted by Crippen LogP contribution is 2.29. The highest BCUT2D eigenvalue weighted by molar-refractivity contribution is 5.92. The van der Waals surface area contributed by atoms with Crippen LogP contribution in [0.5, 0.6) is 0 Å². The van der Waals surface area contributed by atoms with Crippen LogP contribution in [0.15, 0.2) is 30.3 Å². The number of carbonyl (C=O) groups excluding carboxylic acids is 2. The second-order valence-corrected chi connectivity index (χ2v) is 5.50. The van der Waals surface area contributed by atoms with Gasteiger partial charge in [0.2, 0.25) is 0 Å². The van der Waals surface area contributed by atoms with Gasteiger partial charge in [0.25, 0.3) is 5.91 Å². The molecule has 0 radical (unpaired) electrons. The molecule has 1 saturated heterocycles. The number of aliphatic hydroxyl groups is 2. The van der Waals surface area contributed by atoms with Gasteiger partial charge in [-0.05, 0) is 19.4 Å². The summed E-state index contributed by atoms with van der Waals surface area (Å²) in [5.41, 5.74) is 0.890. The standard InChI is InChI=1S/C16H21NO5/c1-10(12-6-4-3-5-7-12)17-14(8-13(19)9-18)16(21)22-11(2)15(17)20/h3-7,10-11,13-14,18-19H,8-9H2,1-2H3/t10-,11+,13-,14-/m0/s1. The number of amides is 1. The number of morpholine rings is 1. The first-order chi connectivity index (χ1) is 10.5. The van der Waals surface area contributed by atoms with Crippen molar-refractivity contribution in [3.05, 3.63) is 35.9 Å². The molecule has 1 aromatic carbocycles. The highest BCUT2D eigenvalue weighted by atomic mass is 16.6. The molecule has 1 aromatic rings. The van der Waals surface area contributed by atoms with E-state index in [1.54, 1.807) is 0 Å². The molecular formula is C16H21NO5. The SMILES string of the molecule is C[C@H]1OC(=O)[C@H](C[C@H](O)CO)N([C@@H](C)c2ccccc2)C1=O. The molecule has 120 valence electrons. The first kappa shape index (κ1) is 16.5. The third-order valence-corrected chi connectivity index (χ3v) is 3.91. The monoisotopic (exact) mass is 307 g/mol. The molecule has 1 aliphatic rings. The van der Waals surface area contributed by atoms with E-state index in [-0.39, 0.29) is 18.4 Å². The average molecular weight is 307 g/mol. The molecular weight excluding hydrogens is 286 g/mol. The Morgan fingerprint density at radius 1 is 1.27 bits per heavy atom. The van der Waals surface area contributed by atoms with E-state index in [9.17, 15) is 14.7 Å². The molecule has 0 saturated carbocycles. The molecule has 22 heavy (non-hydrogen) atoms. The van der Waals surface area contributed by atoms with E-state index < -0.39 is 30.8 Å². The Morgan fingerprint density at radius 3 is 2.50 bits per heavy atom. The first-order valence-electron chi connectivity index (χ1n) is 7.32. The summed E-state index contributed by atoms with van der Waals surface area (Å²) in [4.78, 5) is 26.1. The zero-order valence-corrected chi connectivity index (χ0v) is 12.7. The summed E-state index contributed by atoms with van der Waals surface area (Å²) >= 11 is 0. The molecule has 6 heteroatoms. The van der Waals surface area contributed by atoms with Gasteiger partial charge in [0, 0.05) is 6.42 Å². The molecule has 1 aliphatic heterocycles. The molecule has 2 rings (SSSR count). The van der Waals surface area contributed by atoms with Crippen molar-refractivity contribution in [1.29, 1.82) is 0 Å². The molecule has 6 nitrogen and oxygen atoms in total. The zero-order valence-electron chi connectivity index (χ0n) is 12.7. The van der Waals surface area contributed by atoms with Gasteiger partial charge in [-0.1, -0.05) is 30.3 Å². The smallest absolute Gasteiger partial charge is 0.329 e. The summed E-state index contributed by atoms with van der Waals surface area (Å²) in [6.45, 7) is 2.89. The van der Waals surface area contributed by atoms with Crippen LogP contribution in [0.2, 0.25) is 0 Å². The predicted molar refractivity (Wildman–Crippen MR) is 78.8 cm³/mol. The van der Waals surface area contributed by atoms with Crippen LogP contribution in [-0.2, 0) is 14.3 Å². The van der Waals surface area contributed by atoms with Crippen LogP contribution in [-0.4, -0.2) is 51.8 Å². The number of hydrogen-bond donors (Lipinski definition) is 2. The summed E-state index contributed by atoms with van der Waals surface area (Å²) in [6.07, 6.45) is -1.98. The average Bonchev–Trinajstić information content (AvgIpc) is 2.53. The summed E-state index contributed by atoms with van der Waals surface area (Å²) in [5.74, 6) is -0.853. The Morgan fingerprint density at radius 2 is 1.91 bits per heavy atom. The molecule has 0 aliphatic carbocycles. The summed E-state index contributed by atoms with van der Waals surface area (Å²) in [7, 11) is 0. The van der Waals surface area contributed by atoms with Crippen LogP contribution in [0.4, 0.5) is 0 Å². The minimum absolute atomic E-state index is 0.0506. The maximum Gasteiger partial charge on any atom is 0.329 e. The van der Waals surface area contributed by atoms with E-state index in [0.29, 0.717) is 0 Å². The number of rotatable bonds is 5. The van der Waals surface area contributed by atoms with Gasteiger partial charge in [-0.15, -0.1) is 0 Å². The van der Waals surface area contributed by atoms with Crippen LogP contribution < -0.4 is 0 Å². The van der Waals surface area contributed by atoms with Crippen molar-refractivity contribution in [3.8, 4) is 0 Å². The second kappa shape index (κ2) is 6.89. The van der Waals surface area contributed by atoms with E-state index in [4.69, 9.17) is 9.84 Å². The minimum atomic E-state index is -1.08. The van der Waals surface area contributed by atoms with E-state index >= 15 is 0 Å². The van der Waals surface area contributed by atoms with E-state index in [0.717, 1.165) is 5.56 Å². The lowest BCUT2D eigenvalue weighted by molar-refractivity contribution is -0.181.